The van der Waals surface area contributed by atoms with Gasteiger partial charge in [-0.1, -0.05) is 12.7 Å². The van der Waals surface area contributed by atoms with Gasteiger partial charge < -0.3 is 14.2 Å². The number of esters is 3. The van der Waals surface area contributed by atoms with E-state index >= 15 is 0 Å². The van der Waals surface area contributed by atoms with Gasteiger partial charge in [-0.25, -0.2) is 0 Å². The maximum absolute atomic E-state index is 11.2. The van der Waals surface area contributed by atoms with Crippen LogP contribution in [-0.4, -0.2) is 17.9 Å². The first kappa shape index (κ1) is 15.4. The van der Waals surface area contributed by atoms with E-state index in [1.165, 1.54) is 39.0 Å². The lowest BCUT2D eigenvalue weighted by atomic mass is 10.1. The molecule has 0 aromatic heterocycles. The lowest BCUT2D eigenvalue weighted by molar-refractivity contribution is -0.135. The number of rotatable bonds is 4. The summed E-state index contributed by atoms with van der Waals surface area (Å²) < 4.78 is 14.9. The first-order chi connectivity index (χ1) is 9.35. The Morgan fingerprint density at radius 3 is 1.85 bits per heavy atom. The van der Waals surface area contributed by atoms with E-state index in [1.807, 2.05) is 0 Å². The van der Waals surface area contributed by atoms with Crippen LogP contribution in [0.4, 0.5) is 0 Å². The van der Waals surface area contributed by atoms with Crippen molar-refractivity contribution in [1.29, 1.82) is 0 Å². The van der Waals surface area contributed by atoms with Crippen molar-refractivity contribution in [3.8, 4) is 17.2 Å². The third-order valence-corrected chi connectivity index (χ3v) is 2.07. The Morgan fingerprint density at radius 1 is 0.900 bits per heavy atom. The molecule has 0 unspecified atom stereocenters. The fourth-order valence-electron chi connectivity index (χ4n) is 1.45. The van der Waals surface area contributed by atoms with Gasteiger partial charge in [-0.3, -0.25) is 14.4 Å². The van der Waals surface area contributed by atoms with E-state index in [9.17, 15) is 14.4 Å². The topological polar surface area (TPSA) is 78.9 Å². The van der Waals surface area contributed by atoms with Crippen molar-refractivity contribution in [1.82, 2.24) is 0 Å². The van der Waals surface area contributed by atoms with Crippen molar-refractivity contribution in [2.24, 2.45) is 0 Å². The molecule has 0 spiro atoms. The second kappa shape index (κ2) is 6.51. The SMILES string of the molecule is C=Cc1ccc(OC(C)=O)c(OC(C)=O)c1OC(C)=O. The van der Waals surface area contributed by atoms with Crippen LogP contribution in [0.15, 0.2) is 18.7 Å². The first-order valence-corrected chi connectivity index (χ1v) is 5.69. The first-order valence-electron chi connectivity index (χ1n) is 5.69. The van der Waals surface area contributed by atoms with Gasteiger partial charge in [0, 0.05) is 26.3 Å². The highest BCUT2D eigenvalue weighted by Crippen LogP contribution is 2.41. The van der Waals surface area contributed by atoms with E-state index < -0.39 is 17.9 Å². The summed E-state index contributed by atoms with van der Waals surface area (Å²) in [7, 11) is 0. The molecule has 0 radical (unpaired) electrons. The molecule has 0 atom stereocenters. The molecular weight excluding hydrogens is 264 g/mol. The van der Waals surface area contributed by atoms with Crippen LogP contribution in [0.25, 0.3) is 6.08 Å². The predicted molar refractivity (Wildman–Crippen MR) is 70.5 cm³/mol. The summed E-state index contributed by atoms with van der Waals surface area (Å²) in [5.41, 5.74) is 0.423. The molecule has 0 saturated heterocycles. The monoisotopic (exact) mass is 278 g/mol. The summed E-state index contributed by atoms with van der Waals surface area (Å²) in [6.07, 6.45) is 1.42. The van der Waals surface area contributed by atoms with E-state index in [-0.39, 0.29) is 17.2 Å². The molecule has 0 saturated carbocycles. The fourth-order valence-corrected chi connectivity index (χ4v) is 1.45. The predicted octanol–water partition coefficient (Wildman–Crippen LogP) is 2.11. The number of hydrogen-bond acceptors (Lipinski definition) is 6. The van der Waals surface area contributed by atoms with E-state index in [1.54, 1.807) is 0 Å². The van der Waals surface area contributed by atoms with Crippen molar-refractivity contribution >= 4 is 24.0 Å². The molecule has 1 aromatic rings. The van der Waals surface area contributed by atoms with Gasteiger partial charge in [0.1, 0.15) is 0 Å². The minimum atomic E-state index is -0.645. The lowest BCUT2D eigenvalue weighted by Gasteiger charge is -2.14. The molecule has 20 heavy (non-hydrogen) atoms. The standard InChI is InChI=1S/C14H14O6/c1-5-11-6-7-12(18-8(2)15)14(20-10(4)17)13(11)19-9(3)16/h5-7H,1H2,2-4H3. The molecule has 0 fully saturated rings. The van der Waals surface area contributed by atoms with Crippen molar-refractivity contribution in [2.75, 3.05) is 0 Å². The van der Waals surface area contributed by atoms with E-state index in [4.69, 9.17) is 14.2 Å². The Balaban J connectivity index is 3.45. The van der Waals surface area contributed by atoms with Crippen LogP contribution in [0.1, 0.15) is 26.3 Å². The molecule has 0 amide bonds. The average molecular weight is 278 g/mol. The third kappa shape index (κ3) is 3.94. The van der Waals surface area contributed by atoms with Gasteiger partial charge in [-0.2, -0.15) is 0 Å². The Labute approximate surface area is 115 Å². The summed E-state index contributed by atoms with van der Waals surface area (Å²) in [5, 5.41) is 0. The van der Waals surface area contributed by atoms with Crippen molar-refractivity contribution in [2.45, 2.75) is 20.8 Å². The second-order valence-electron chi connectivity index (χ2n) is 3.80. The zero-order valence-electron chi connectivity index (χ0n) is 11.4. The molecule has 0 aliphatic heterocycles. The van der Waals surface area contributed by atoms with E-state index in [2.05, 4.69) is 6.58 Å². The molecule has 6 nitrogen and oxygen atoms in total. The van der Waals surface area contributed by atoms with Crippen LogP contribution in [-0.2, 0) is 14.4 Å². The second-order valence-corrected chi connectivity index (χ2v) is 3.80. The third-order valence-electron chi connectivity index (χ3n) is 2.07. The zero-order chi connectivity index (χ0) is 15.3. The molecule has 1 rings (SSSR count). The number of benzene rings is 1. The molecule has 1 aromatic carbocycles. The molecular formula is C14H14O6. The number of hydrogen-bond donors (Lipinski definition) is 0. The van der Waals surface area contributed by atoms with Crippen LogP contribution >= 0.6 is 0 Å². The Kier molecular flexibility index (Phi) is 5.02. The molecule has 106 valence electrons. The number of carbonyl (C=O) groups is 3. The maximum atomic E-state index is 11.2. The largest absolute Gasteiger partial charge is 0.423 e. The van der Waals surface area contributed by atoms with Crippen LogP contribution in [0.2, 0.25) is 0 Å². The van der Waals surface area contributed by atoms with Crippen LogP contribution in [0, 0.1) is 0 Å². The molecule has 0 heterocycles. The van der Waals surface area contributed by atoms with Gasteiger partial charge in [0.15, 0.2) is 11.5 Å². The van der Waals surface area contributed by atoms with Gasteiger partial charge in [-0.15, -0.1) is 0 Å². The minimum Gasteiger partial charge on any atom is -0.423 e. The van der Waals surface area contributed by atoms with E-state index in [0.29, 0.717) is 5.56 Å². The number of ether oxygens (including phenoxy) is 3. The fraction of sp³-hybridized carbons (Fsp3) is 0.214. The normalized spacial score (nSPS) is 9.55. The van der Waals surface area contributed by atoms with Gasteiger partial charge >= 0.3 is 17.9 Å². The van der Waals surface area contributed by atoms with Crippen LogP contribution in [0.3, 0.4) is 0 Å². The Hall–Kier alpha value is -2.63. The van der Waals surface area contributed by atoms with Crippen molar-refractivity contribution in [3.63, 3.8) is 0 Å². The Bertz CT molecular complexity index is 573. The molecule has 0 N–H and O–H groups in total. The summed E-state index contributed by atoms with van der Waals surface area (Å²) in [4.78, 5) is 33.4. The van der Waals surface area contributed by atoms with Crippen LogP contribution < -0.4 is 14.2 Å². The van der Waals surface area contributed by atoms with Gasteiger partial charge in [-0.05, 0) is 12.1 Å². The summed E-state index contributed by atoms with van der Waals surface area (Å²) >= 11 is 0. The van der Waals surface area contributed by atoms with Crippen molar-refractivity contribution in [3.05, 3.63) is 24.3 Å². The average Bonchev–Trinajstić information content (AvgIpc) is 2.31. The number of carbonyl (C=O) groups excluding carboxylic acids is 3. The molecule has 6 heteroatoms. The summed E-state index contributed by atoms with van der Waals surface area (Å²) in [6.45, 7) is 7.14. The smallest absolute Gasteiger partial charge is 0.308 e. The van der Waals surface area contributed by atoms with Gasteiger partial charge in [0.05, 0.1) is 0 Å². The summed E-state index contributed by atoms with van der Waals surface area (Å²) in [6, 6.07) is 2.94. The summed E-state index contributed by atoms with van der Waals surface area (Å²) in [5.74, 6) is -2.04. The van der Waals surface area contributed by atoms with Crippen LogP contribution in [0.5, 0.6) is 17.2 Å². The zero-order valence-corrected chi connectivity index (χ0v) is 11.4. The lowest BCUT2D eigenvalue weighted by Crippen LogP contribution is -2.11. The molecule has 0 aliphatic carbocycles. The van der Waals surface area contributed by atoms with Gasteiger partial charge in [0.2, 0.25) is 5.75 Å². The highest BCUT2D eigenvalue weighted by atomic mass is 16.6. The maximum Gasteiger partial charge on any atom is 0.308 e. The highest BCUT2D eigenvalue weighted by molar-refractivity contribution is 5.80. The highest BCUT2D eigenvalue weighted by Gasteiger charge is 2.20. The molecule has 0 aliphatic rings. The Morgan fingerprint density at radius 2 is 1.40 bits per heavy atom. The molecule has 0 bridgehead atoms. The van der Waals surface area contributed by atoms with E-state index in [0.717, 1.165) is 0 Å². The quantitative estimate of drug-likeness (QED) is 0.620. The van der Waals surface area contributed by atoms with Gasteiger partial charge in [0.25, 0.3) is 0 Å². The van der Waals surface area contributed by atoms with Crippen molar-refractivity contribution < 1.29 is 28.6 Å². The minimum absolute atomic E-state index is 0.0189.